The quantitative estimate of drug-likeness (QED) is 0.371. The van der Waals surface area contributed by atoms with E-state index in [-0.39, 0.29) is 6.54 Å². The number of aryl methyl sites for hydroxylation is 2. The van der Waals surface area contributed by atoms with E-state index >= 15 is 0 Å². The summed E-state index contributed by atoms with van der Waals surface area (Å²) in [6.45, 7) is 7.41. The predicted molar refractivity (Wildman–Crippen MR) is 103 cm³/mol. The first-order valence-electron chi connectivity index (χ1n) is 8.54. The van der Waals surface area contributed by atoms with Gasteiger partial charge in [0.15, 0.2) is 5.96 Å². The summed E-state index contributed by atoms with van der Waals surface area (Å²) in [6.07, 6.45) is 1.60. The Balaban J connectivity index is 1.88. The number of guanidine groups is 1. The third-order valence-electron chi connectivity index (χ3n) is 3.66. The van der Waals surface area contributed by atoms with Crippen LogP contribution in [0, 0.1) is 13.8 Å². The normalized spacial score (nSPS) is 12.2. The van der Waals surface area contributed by atoms with E-state index in [1.807, 2.05) is 38.1 Å². The molecule has 2 rings (SSSR count). The lowest BCUT2D eigenvalue weighted by Crippen LogP contribution is -2.41. The number of nitrogens with zero attached hydrogens (tertiary/aromatic N) is 1. The molecule has 142 valence electrons. The average molecular weight is 378 g/mol. The van der Waals surface area contributed by atoms with Gasteiger partial charge in [0.05, 0.1) is 11.2 Å². The third-order valence-corrected chi connectivity index (χ3v) is 5.26. The van der Waals surface area contributed by atoms with Gasteiger partial charge in [-0.1, -0.05) is 12.1 Å². The molecule has 0 aliphatic heterocycles. The zero-order chi connectivity index (χ0) is 19.0. The van der Waals surface area contributed by atoms with Crippen molar-refractivity contribution in [2.75, 3.05) is 19.6 Å². The molecule has 26 heavy (non-hydrogen) atoms. The Morgan fingerprint density at radius 1 is 1.15 bits per heavy atom. The number of nitrogens with one attached hydrogen (secondary N) is 3. The molecule has 0 saturated heterocycles. The lowest BCUT2D eigenvalue weighted by atomic mass is 10.2. The van der Waals surface area contributed by atoms with Crippen molar-refractivity contribution < 1.29 is 12.8 Å². The number of rotatable bonds is 8. The molecule has 0 unspecified atom stereocenters. The molecule has 1 aromatic heterocycles. The zero-order valence-corrected chi connectivity index (χ0v) is 16.2. The van der Waals surface area contributed by atoms with E-state index in [9.17, 15) is 8.42 Å². The van der Waals surface area contributed by atoms with E-state index in [2.05, 4.69) is 20.3 Å². The van der Waals surface area contributed by atoms with Gasteiger partial charge < -0.3 is 15.1 Å². The molecule has 0 radical (unpaired) electrons. The van der Waals surface area contributed by atoms with Gasteiger partial charge in [-0.2, -0.15) is 0 Å². The van der Waals surface area contributed by atoms with E-state index < -0.39 is 10.0 Å². The molecule has 0 fully saturated rings. The van der Waals surface area contributed by atoms with Crippen molar-refractivity contribution in [2.24, 2.45) is 4.99 Å². The van der Waals surface area contributed by atoms with Crippen LogP contribution in [0.4, 0.5) is 0 Å². The summed E-state index contributed by atoms with van der Waals surface area (Å²) in [5, 5.41) is 6.21. The molecule has 8 heteroatoms. The largest absolute Gasteiger partial charge is 0.467 e. The second-order valence-electron chi connectivity index (χ2n) is 5.87. The highest BCUT2D eigenvalue weighted by Crippen LogP contribution is 2.16. The predicted octanol–water partition coefficient (Wildman–Crippen LogP) is 1.93. The van der Waals surface area contributed by atoms with Crippen molar-refractivity contribution in [3.8, 4) is 0 Å². The molecule has 0 atom stereocenters. The second kappa shape index (κ2) is 9.40. The van der Waals surface area contributed by atoms with Gasteiger partial charge in [-0.15, -0.1) is 0 Å². The van der Waals surface area contributed by atoms with Crippen LogP contribution in [0.15, 0.2) is 50.9 Å². The lowest BCUT2D eigenvalue weighted by molar-refractivity contribution is 0.512. The maximum absolute atomic E-state index is 12.5. The number of sulfonamides is 1. The van der Waals surface area contributed by atoms with Crippen LogP contribution in [0.2, 0.25) is 0 Å². The fraction of sp³-hybridized carbons (Fsp3) is 0.389. The minimum Gasteiger partial charge on any atom is -0.467 e. The third kappa shape index (κ3) is 5.89. The van der Waals surface area contributed by atoms with E-state index in [0.717, 1.165) is 16.9 Å². The van der Waals surface area contributed by atoms with Gasteiger partial charge >= 0.3 is 0 Å². The highest BCUT2D eigenvalue weighted by molar-refractivity contribution is 7.89. The van der Waals surface area contributed by atoms with Crippen LogP contribution in [-0.2, 0) is 16.6 Å². The summed E-state index contributed by atoms with van der Waals surface area (Å²) in [5.74, 6) is 1.37. The number of hydrogen-bond donors (Lipinski definition) is 3. The molecule has 0 amide bonds. The second-order valence-corrected chi connectivity index (χ2v) is 7.60. The van der Waals surface area contributed by atoms with Crippen LogP contribution in [0.25, 0.3) is 0 Å². The summed E-state index contributed by atoms with van der Waals surface area (Å²) in [5.41, 5.74) is 1.64. The van der Waals surface area contributed by atoms with Crippen molar-refractivity contribution in [3.63, 3.8) is 0 Å². The molecule has 0 aliphatic rings. The molecular weight excluding hydrogens is 352 g/mol. The van der Waals surface area contributed by atoms with E-state index in [0.29, 0.717) is 30.5 Å². The lowest BCUT2D eigenvalue weighted by Gasteiger charge is -2.13. The first-order valence-corrected chi connectivity index (χ1v) is 10.0. The van der Waals surface area contributed by atoms with E-state index in [1.54, 1.807) is 19.3 Å². The molecule has 0 saturated carbocycles. The van der Waals surface area contributed by atoms with Crippen LogP contribution in [0.3, 0.4) is 0 Å². The molecule has 1 aromatic carbocycles. The van der Waals surface area contributed by atoms with E-state index in [1.165, 1.54) is 0 Å². The van der Waals surface area contributed by atoms with Crippen LogP contribution in [0.1, 0.15) is 23.8 Å². The van der Waals surface area contributed by atoms with Crippen LogP contribution in [-0.4, -0.2) is 34.0 Å². The first-order chi connectivity index (χ1) is 12.4. The summed E-state index contributed by atoms with van der Waals surface area (Å²) >= 11 is 0. The fourth-order valence-corrected chi connectivity index (χ4v) is 3.70. The standard InChI is InChI=1S/C18H26N4O3S/c1-4-19-18(21-13-16-6-5-11-25-16)20-9-10-22-26(23,24)17-12-14(2)7-8-15(17)3/h5-8,11-12,22H,4,9-10,13H2,1-3H3,(H2,19,20,21). The number of benzene rings is 1. The molecule has 3 N–H and O–H groups in total. The van der Waals surface area contributed by atoms with Crippen LogP contribution < -0.4 is 15.4 Å². The summed E-state index contributed by atoms with van der Waals surface area (Å²) < 4.78 is 32.8. The Bertz CT molecular complexity index is 830. The smallest absolute Gasteiger partial charge is 0.240 e. The maximum Gasteiger partial charge on any atom is 0.240 e. The fourth-order valence-electron chi connectivity index (χ4n) is 2.34. The van der Waals surface area contributed by atoms with Crippen LogP contribution in [0.5, 0.6) is 0 Å². The van der Waals surface area contributed by atoms with Gasteiger partial charge in [0.1, 0.15) is 12.3 Å². The maximum atomic E-state index is 12.5. The SMILES string of the molecule is CCNC(=NCc1ccco1)NCCNS(=O)(=O)c1cc(C)ccc1C. The minimum absolute atomic E-state index is 0.251. The number of aliphatic imine (C=N–C) groups is 1. The monoisotopic (exact) mass is 378 g/mol. The first kappa shape index (κ1) is 20.0. The molecular formula is C18H26N4O3S. The van der Waals surface area contributed by atoms with Crippen LogP contribution >= 0.6 is 0 Å². The highest BCUT2D eigenvalue weighted by atomic mass is 32.2. The van der Waals surface area contributed by atoms with Crippen molar-refractivity contribution >= 4 is 16.0 Å². The highest BCUT2D eigenvalue weighted by Gasteiger charge is 2.16. The topological polar surface area (TPSA) is 95.7 Å². The Morgan fingerprint density at radius 3 is 2.65 bits per heavy atom. The molecule has 0 bridgehead atoms. The Morgan fingerprint density at radius 2 is 1.96 bits per heavy atom. The molecule has 0 spiro atoms. The average Bonchev–Trinajstić information content (AvgIpc) is 3.12. The Labute approximate surface area is 155 Å². The van der Waals surface area contributed by atoms with E-state index in [4.69, 9.17) is 4.42 Å². The van der Waals surface area contributed by atoms with Crippen molar-refractivity contribution in [1.29, 1.82) is 0 Å². The Hall–Kier alpha value is -2.32. The van der Waals surface area contributed by atoms with Gasteiger partial charge in [-0.3, -0.25) is 0 Å². The minimum atomic E-state index is -3.54. The molecule has 1 heterocycles. The Kier molecular flexibility index (Phi) is 7.23. The summed E-state index contributed by atoms with van der Waals surface area (Å²) in [4.78, 5) is 4.71. The van der Waals surface area contributed by atoms with Gasteiger partial charge in [0.25, 0.3) is 0 Å². The summed E-state index contributed by atoms with van der Waals surface area (Å²) in [6, 6.07) is 9.05. The van der Waals surface area contributed by atoms with Gasteiger partial charge in [-0.05, 0) is 50.1 Å². The molecule has 7 nitrogen and oxygen atoms in total. The molecule has 0 aliphatic carbocycles. The zero-order valence-electron chi connectivity index (χ0n) is 15.4. The van der Waals surface area contributed by atoms with Crippen molar-refractivity contribution in [2.45, 2.75) is 32.2 Å². The molecule has 2 aromatic rings. The van der Waals surface area contributed by atoms with Gasteiger partial charge in [-0.25, -0.2) is 18.1 Å². The van der Waals surface area contributed by atoms with Crippen molar-refractivity contribution in [3.05, 3.63) is 53.5 Å². The number of furan rings is 1. The van der Waals surface area contributed by atoms with Gasteiger partial charge in [0.2, 0.25) is 10.0 Å². The number of hydrogen-bond acceptors (Lipinski definition) is 4. The summed E-state index contributed by atoms with van der Waals surface area (Å²) in [7, 11) is -3.54. The van der Waals surface area contributed by atoms with Crippen molar-refractivity contribution in [1.82, 2.24) is 15.4 Å². The van der Waals surface area contributed by atoms with Gasteiger partial charge in [0, 0.05) is 19.6 Å².